The Hall–Kier alpha value is -0.690. The lowest BCUT2D eigenvalue weighted by Crippen LogP contribution is -1.85. The molecule has 1 heterocycles. The second-order valence-corrected chi connectivity index (χ2v) is 4.64. The van der Waals surface area contributed by atoms with E-state index in [0.29, 0.717) is 11.4 Å². The van der Waals surface area contributed by atoms with E-state index in [9.17, 15) is 0 Å². The molecule has 70 valence electrons. The first-order chi connectivity index (χ1) is 6.74. The van der Waals surface area contributed by atoms with Gasteiger partial charge in [-0.05, 0) is 23.1 Å². The van der Waals surface area contributed by atoms with E-state index in [2.05, 4.69) is 18.7 Å². The van der Waals surface area contributed by atoms with E-state index < -0.39 is 0 Å². The van der Waals surface area contributed by atoms with Crippen LogP contribution in [0.5, 0.6) is 0 Å². The highest BCUT2D eigenvalue weighted by Gasteiger charge is 2.09. The van der Waals surface area contributed by atoms with E-state index in [0.717, 1.165) is 20.5 Å². The Balaban J connectivity index is 2.75. The van der Waals surface area contributed by atoms with Crippen molar-refractivity contribution in [3.63, 3.8) is 0 Å². The third-order valence-electron chi connectivity index (χ3n) is 2.01. The van der Waals surface area contributed by atoms with Gasteiger partial charge >= 0.3 is 0 Å². The van der Waals surface area contributed by atoms with Crippen LogP contribution in [0.4, 0.5) is 0 Å². The van der Waals surface area contributed by atoms with Gasteiger partial charge in [-0.2, -0.15) is 5.26 Å². The molecule has 0 aliphatic heterocycles. The smallest absolute Gasteiger partial charge is 0.0670 e. The summed E-state index contributed by atoms with van der Waals surface area (Å²) in [5, 5.41) is 12.3. The molecule has 0 saturated carbocycles. The van der Waals surface area contributed by atoms with E-state index in [1.54, 1.807) is 11.3 Å². The van der Waals surface area contributed by atoms with Gasteiger partial charge in [-0.3, -0.25) is 0 Å². The van der Waals surface area contributed by atoms with Gasteiger partial charge in [0.2, 0.25) is 0 Å². The van der Waals surface area contributed by atoms with Crippen LogP contribution in [0.15, 0.2) is 22.4 Å². The molecule has 0 N–H and O–H groups in total. The van der Waals surface area contributed by atoms with Crippen LogP contribution in [0.1, 0.15) is 5.56 Å². The zero-order valence-electron chi connectivity index (χ0n) is 7.12. The van der Waals surface area contributed by atoms with E-state index in [1.807, 2.05) is 17.5 Å². The minimum Gasteiger partial charge on any atom is -0.198 e. The topological polar surface area (TPSA) is 23.8 Å². The second-order valence-electron chi connectivity index (χ2n) is 2.87. The van der Waals surface area contributed by atoms with Crippen molar-refractivity contribution in [2.24, 2.45) is 0 Å². The van der Waals surface area contributed by atoms with Crippen LogP contribution in [-0.2, 0) is 6.42 Å². The van der Waals surface area contributed by atoms with Gasteiger partial charge in [0.1, 0.15) is 0 Å². The summed E-state index contributed by atoms with van der Waals surface area (Å²) in [5.41, 5.74) is 0.856. The molecule has 0 spiro atoms. The summed E-state index contributed by atoms with van der Waals surface area (Å²) in [6, 6.07) is 6.05. The number of halogens is 1. The molecule has 1 aromatic carbocycles. The van der Waals surface area contributed by atoms with Crippen LogP contribution in [0.25, 0.3) is 10.1 Å². The number of thiol groups is 1. The molecule has 2 rings (SSSR count). The molecule has 1 aromatic heterocycles. The number of rotatable bonds is 1. The lowest BCUT2D eigenvalue weighted by Gasteiger charge is -2.04. The third-order valence-corrected chi connectivity index (χ3v) is 3.91. The molecule has 2 aromatic rings. The molecule has 1 nitrogen and oxygen atoms in total. The number of nitrogens with zero attached hydrogens (tertiary/aromatic N) is 1. The van der Waals surface area contributed by atoms with Crippen LogP contribution in [-0.4, -0.2) is 0 Å². The van der Waals surface area contributed by atoms with E-state index in [-0.39, 0.29) is 0 Å². The first-order valence-corrected chi connectivity index (χ1v) is 5.69. The maximum atomic E-state index is 8.63. The van der Waals surface area contributed by atoms with Crippen LogP contribution >= 0.6 is 35.6 Å². The molecular formula is C10H6ClNS2. The zero-order valence-corrected chi connectivity index (χ0v) is 9.59. The van der Waals surface area contributed by atoms with Crippen molar-refractivity contribution in [3.05, 3.63) is 28.1 Å². The molecular weight excluding hydrogens is 234 g/mol. The van der Waals surface area contributed by atoms with Crippen LogP contribution < -0.4 is 0 Å². The Bertz CT molecular complexity index is 525. The predicted octanol–water partition coefficient (Wildman–Crippen LogP) is 3.91. The van der Waals surface area contributed by atoms with Crippen molar-refractivity contribution >= 4 is 45.7 Å². The van der Waals surface area contributed by atoms with Crippen LogP contribution in [0.2, 0.25) is 5.02 Å². The summed E-state index contributed by atoms with van der Waals surface area (Å²) in [7, 11) is 0. The Kier molecular flexibility index (Phi) is 2.69. The summed E-state index contributed by atoms with van der Waals surface area (Å²) in [6.45, 7) is 0. The van der Waals surface area contributed by atoms with E-state index in [1.165, 1.54) is 0 Å². The first kappa shape index (κ1) is 9.85. The summed E-state index contributed by atoms with van der Waals surface area (Å²) >= 11 is 12.1. The summed E-state index contributed by atoms with van der Waals surface area (Å²) in [4.78, 5) is 0.774. The van der Waals surface area contributed by atoms with Crippen LogP contribution in [0, 0.1) is 11.3 Å². The highest BCUT2D eigenvalue weighted by atomic mass is 35.5. The van der Waals surface area contributed by atoms with Gasteiger partial charge in [0.05, 0.1) is 17.5 Å². The molecule has 0 saturated heterocycles. The van der Waals surface area contributed by atoms with E-state index >= 15 is 0 Å². The molecule has 0 aliphatic carbocycles. The number of thiophene rings is 1. The third kappa shape index (κ3) is 1.50. The summed E-state index contributed by atoms with van der Waals surface area (Å²) in [6.07, 6.45) is 0.334. The lowest BCUT2D eigenvalue weighted by atomic mass is 10.1. The van der Waals surface area contributed by atoms with Gasteiger partial charge in [-0.1, -0.05) is 11.6 Å². The molecule has 0 atom stereocenters. The SMILES string of the molecule is N#CCc1cc2sccc2c(S)c1Cl. The monoisotopic (exact) mass is 239 g/mol. The van der Waals surface area contributed by atoms with Gasteiger partial charge in [0, 0.05) is 15.0 Å². The molecule has 0 aliphatic rings. The maximum absolute atomic E-state index is 8.63. The van der Waals surface area contributed by atoms with E-state index in [4.69, 9.17) is 16.9 Å². The fourth-order valence-corrected chi connectivity index (χ4v) is 2.83. The predicted molar refractivity (Wildman–Crippen MR) is 63.4 cm³/mol. The second kappa shape index (κ2) is 3.82. The fraction of sp³-hybridized carbons (Fsp3) is 0.100. The fourth-order valence-electron chi connectivity index (χ4n) is 1.33. The Morgan fingerprint density at radius 2 is 2.36 bits per heavy atom. The Morgan fingerprint density at radius 1 is 1.57 bits per heavy atom. The number of hydrogen-bond acceptors (Lipinski definition) is 3. The highest BCUT2D eigenvalue weighted by molar-refractivity contribution is 7.80. The normalized spacial score (nSPS) is 10.4. The minimum absolute atomic E-state index is 0.334. The van der Waals surface area contributed by atoms with Crippen molar-refractivity contribution < 1.29 is 0 Å². The lowest BCUT2D eigenvalue weighted by molar-refractivity contribution is 1.25. The van der Waals surface area contributed by atoms with Crippen molar-refractivity contribution in [3.8, 4) is 6.07 Å². The quantitative estimate of drug-likeness (QED) is 0.750. The van der Waals surface area contributed by atoms with Crippen molar-refractivity contribution in [2.45, 2.75) is 11.3 Å². The average molecular weight is 240 g/mol. The molecule has 0 fully saturated rings. The molecule has 0 bridgehead atoms. The molecule has 0 amide bonds. The van der Waals surface area contributed by atoms with Gasteiger partial charge in [0.15, 0.2) is 0 Å². The van der Waals surface area contributed by atoms with Gasteiger partial charge in [0.25, 0.3) is 0 Å². The minimum atomic E-state index is 0.334. The number of hydrogen-bond donors (Lipinski definition) is 1. The van der Waals surface area contributed by atoms with Gasteiger partial charge in [-0.15, -0.1) is 24.0 Å². The number of benzene rings is 1. The molecule has 14 heavy (non-hydrogen) atoms. The van der Waals surface area contributed by atoms with Crippen LogP contribution in [0.3, 0.4) is 0 Å². The van der Waals surface area contributed by atoms with Gasteiger partial charge in [-0.25, -0.2) is 0 Å². The Labute approximate surface area is 96.3 Å². The average Bonchev–Trinajstić information content (AvgIpc) is 2.62. The molecule has 4 heteroatoms. The first-order valence-electron chi connectivity index (χ1n) is 3.98. The highest BCUT2D eigenvalue weighted by Crippen LogP contribution is 2.35. The van der Waals surface area contributed by atoms with Crippen molar-refractivity contribution in [2.75, 3.05) is 0 Å². The van der Waals surface area contributed by atoms with Crippen molar-refractivity contribution in [1.29, 1.82) is 5.26 Å². The molecule has 0 unspecified atom stereocenters. The summed E-state index contributed by atoms with van der Waals surface area (Å²) < 4.78 is 1.13. The standard InChI is InChI=1S/C10H6ClNS2/c11-9-6(1-3-12)5-8-7(10(9)13)2-4-14-8/h2,4-5,13H,1H2. The summed E-state index contributed by atoms with van der Waals surface area (Å²) in [5.74, 6) is 0. The van der Waals surface area contributed by atoms with Crippen molar-refractivity contribution in [1.82, 2.24) is 0 Å². The molecule has 0 radical (unpaired) electrons. The largest absolute Gasteiger partial charge is 0.198 e. The Morgan fingerprint density at radius 3 is 3.07 bits per heavy atom. The number of fused-ring (bicyclic) bond motifs is 1. The maximum Gasteiger partial charge on any atom is 0.0670 e. The zero-order chi connectivity index (χ0) is 10.1. The van der Waals surface area contributed by atoms with Gasteiger partial charge < -0.3 is 0 Å². The number of nitriles is 1.